The number of benzene rings is 1. The number of hydrogen-bond acceptors (Lipinski definition) is 5. The monoisotopic (exact) mass is 399 g/mol. The number of carbonyl (C=O) groups is 2. The van der Waals surface area contributed by atoms with Gasteiger partial charge in [0.1, 0.15) is 6.61 Å². The maximum absolute atomic E-state index is 12.5. The summed E-state index contributed by atoms with van der Waals surface area (Å²) in [7, 11) is 0. The Morgan fingerprint density at radius 2 is 1.72 bits per heavy atom. The van der Waals surface area contributed by atoms with Crippen LogP contribution in [0.25, 0.3) is 0 Å². The highest BCUT2D eigenvalue weighted by Crippen LogP contribution is 2.61. The first-order chi connectivity index (χ1) is 14.0. The fourth-order valence-electron chi connectivity index (χ4n) is 6.51. The van der Waals surface area contributed by atoms with Crippen molar-refractivity contribution >= 4 is 11.9 Å². The van der Waals surface area contributed by atoms with Crippen molar-refractivity contribution in [1.82, 2.24) is 5.32 Å². The lowest BCUT2D eigenvalue weighted by Gasteiger charge is -2.59. The fraction of sp³-hybridized carbons (Fsp3) is 0.652. The van der Waals surface area contributed by atoms with Crippen molar-refractivity contribution in [3.05, 3.63) is 24.3 Å². The molecule has 1 heterocycles. The quantitative estimate of drug-likeness (QED) is 0.771. The molecule has 1 N–H and O–H groups in total. The molecule has 6 nitrogen and oxygen atoms in total. The topological polar surface area (TPSA) is 73.9 Å². The Balaban J connectivity index is 1.12. The van der Waals surface area contributed by atoms with E-state index < -0.39 is 12.1 Å². The summed E-state index contributed by atoms with van der Waals surface area (Å²) in [5, 5.41) is 3.12. The van der Waals surface area contributed by atoms with Gasteiger partial charge in [0.05, 0.1) is 0 Å². The Morgan fingerprint density at radius 1 is 1.10 bits per heavy atom. The van der Waals surface area contributed by atoms with E-state index in [1.54, 1.807) is 12.1 Å². The molecule has 1 amide bonds. The van der Waals surface area contributed by atoms with Gasteiger partial charge in [-0.15, -0.1) is 0 Å². The van der Waals surface area contributed by atoms with E-state index in [9.17, 15) is 9.59 Å². The van der Waals surface area contributed by atoms with Crippen molar-refractivity contribution in [1.29, 1.82) is 0 Å². The van der Waals surface area contributed by atoms with Crippen molar-refractivity contribution in [2.75, 3.05) is 13.2 Å². The molecular formula is C23H29NO5. The number of rotatable bonds is 5. The van der Waals surface area contributed by atoms with E-state index >= 15 is 0 Å². The van der Waals surface area contributed by atoms with E-state index in [-0.39, 0.29) is 30.6 Å². The summed E-state index contributed by atoms with van der Waals surface area (Å²) in [5.41, 5.74) is 0.235. The molecule has 6 rings (SSSR count). The zero-order valence-electron chi connectivity index (χ0n) is 16.9. The van der Waals surface area contributed by atoms with E-state index in [2.05, 4.69) is 12.2 Å². The van der Waals surface area contributed by atoms with Gasteiger partial charge in [-0.1, -0.05) is 12.1 Å². The first kappa shape index (κ1) is 18.8. The molecule has 1 aromatic carbocycles. The summed E-state index contributed by atoms with van der Waals surface area (Å²) < 4.78 is 16.4. The van der Waals surface area contributed by atoms with Crippen LogP contribution in [-0.4, -0.2) is 37.2 Å². The molecule has 0 saturated heterocycles. The third kappa shape index (κ3) is 3.58. The number of hydrogen-bond donors (Lipinski definition) is 1. The smallest absolute Gasteiger partial charge is 0.351 e. The van der Waals surface area contributed by atoms with Gasteiger partial charge in [-0.2, -0.15) is 0 Å². The molecule has 5 aliphatic rings. The van der Waals surface area contributed by atoms with Gasteiger partial charge in [0.25, 0.3) is 5.91 Å². The van der Waals surface area contributed by atoms with Crippen molar-refractivity contribution in [2.45, 2.75) is 57.6 Å². The van der Waals surface area contributed by atoms with Gasteiger partial charge in [-0.05, 0) is 80.8 Å². The van der Waals surface area contributed by atoms with Crippen LogP contribution < -0.4 is 14.8 Å². The van der Waals surface area contributed by atoms with Gasteiger partial charge in [-0.3, -0.25) is 4.79 Å². The third-order valence-corrected chi connectivity index (χ3v) is 7.50. The Morgan fingerprint density at radius 3 is 2.38 bits per heavy atom. The normalized spacial score (nSPS) is 35.1. The molecule has 29 heavy (non-hydrogen) atoms. The largest absolute Gasteiger partial charge is 0.485 e. The van der Waals surface area contributed by atoms with E-state index in [1.807, 2.05) is 12.1 Å². The Labute approximate surface area is 171 Å². The van der Waals surface area contributed by atoms with Crippen LogP contribution in [0, 0.1) is 23.2 Å². The molecular weight excluding hydrogens is 370 g/mol. The van der Waals surface area contributed by atoms with Crippen LogP contribution in [0.5, 0.6) is 11.5 Å². The highest BCUT2D eigenvalue weighted by atomic mass is 16.6. The Kier molecular flexibility index (Phi) is 4.67. The van der Waals surface area contributed by atoms with Gasteiger partial charge < -0.3 is 19.5 Å². The molecule has 2 atom stereocenters. The molecule has 4 bridgehead atoms. The second-order valence-electron chi connectivity index (χ2n) is 9.54. The van der Waals surface area contributed by atoms with Crippen LogP contribution in [0.2, 0.25) is 0 Å². The molecule has 4 fully saturated rings. The minimum Gasteiger partial charge on any atom is -0.485 e. The van der Waals surface area contributed by atoms with Crippen LogP contribution in [0.4, 0.5) is 0 Å². The van der Waals surface area contributed by atoms with E-state index in [0.717, 1.165) is 17.8 Å². The van der Waals surface area contributed by atoms with Crippen molar-refractivity contribution in [3.63, 3.8) is 0 Å². The molecule has 0 radical (unpaired) electrons. The second kappa shape index (κ2) is 7.22. The summed E-state index contributed by atoms with van der Waals surface area (Å²) >= 11 is 0. The highest BCUT2D eigenvalue weighted by Gasteiger charge is 2.53. The average molecular weight is 399 g/mol. The lowest BCUT2D eigenvalue weighted by molar-refractivity contribution is -0.158. The average Bonchev–Trinajstić information content (AvgIpc) is 2.70. The maximum Gasteiger partial charge on any atom is 0.351 e. The number of amides is 1. The summed E-state index contributed by atoms with van der Waals surface area (Å²) in [4.78, 5) is 24.8. The molecule has 0 unspecified atom stereocenters. The highest BCUT2D eigenvalue weighted by molar-refractivity contribution is 5.82. The van der Waals surface area contributed by atoms with Crippen LogP contribution in [0.3, 0.4) is 0 Å². The fourth-order valence-corrected chi connectivity index (χ4v) is 6.51. The zero-order valence-corrected chi connectivity index (χ0v) is 16.9. The summed E-state index contributed by atoms with van der Waals surface area (Å²) in [6.45, 7) is 1.93. The van der Waals surface area contributed by atoms with Crippen molar-refractivity contribution in [2.24, 2.45) is 23.2 Å². The second-order valence-corrected chi connectivity index (χ2v) is 9.54. The van der Waals surface area contributed by atoms with Crippen molar-refractivity contribution < 1.29 is 23.8 Å². The number of para-hydroxylation sites is 2. The van der Waals surface area contributed by atoms with Crippen molar-refractivity contribution in [3.8, 4) is 11.5 Å². The lowest BCUT2D eigenvalue weighted by Crippen LogP contribution is -2.56. The van der Waals surface area contributed by atoms with Gasteiger partial charge in [0.15, 0.2) is 18.1 Å². The predicted molar refractivity (Wildman–Crippen MR) is 106 cm³/mol. The first-order valence-electron chi connectivity index (χ1n) is 10.9. The molecule has 1 aromatic rings. The van der Waals surface area contributed by atoms with Crippen LogP contribution in [-0.2, 0) is 14.3 Å². The Hall–Kier alpha value is -2.24. The summed E-state index contributed by atoms with van der Waals surface area (Å²) in [6.07, 6.45) is 6.98. The SMILES string of the molecule is C[C@H](NC(=O)COC(=O)[C@H]1COc2ccccc2O1)C12CC3CC(CC(C3)C1)C2. The van der Waals surface area contributed by atoms with Crippen LogP contribution >= 0.6 is 0 Å². The number of esters is 1. The number of fused-ring (bicyclic) bond motifs is 1. The van der Waals surface area contributed by atoms with Gasteiger partial charge in [0, 0.05) is 6.04 Å². The maximum atomic E-state index is 12.5. The number of ether oxygens (including phenoxy) is 3. The van der Waals surface area contributed by atoms with E-state index in [4.69, 9.17) is 14.2 Å². The number of nitrogens with one attached hydrogen (secondary N) is 1. The number of carbonyl (C=O) groups excluding carboxylic acids is 2. The van der Waals surface area contributed by atoms with Crippen LogP contribution in [0.15, 0.2) is 24.3 Å². The van der Waals surface area contributed by atoms with Gasteiger partial charge >= 0.3 is 5.97 Å². The minimum absolute atomic E-state index is 0.0845. The Bertz CT molecular complexity index is 771. The predicted octanol–water partition coefficient (Wildman–Crippen LogP) is 3.09. The molecule has 4 aliphatic carbocycles. The third-order valence-electron chi connectivity index (χ3n) is 7.50. The van der Waals surface area contributed by atoms with Gasteiger partial charge in [0.2, 0.25) is 6.10 Å². The lowest BCUT2D eigenvalue weighted by atomic mass is 9.48. The van der Waals surface area contributed by atoms with Crippen LogP contribution in [0.1, 0.15) is 45.4 Å². The first-order valence-corrected chi connectivity index (χ1v) is 10.9. The zero-order chi connectivity index (χ0) is 20.0. The molecule has 1 aliphatic heterocycles. The molecule has 156 valence electrons. The molecule has 0 aromatic heterocycles. The summed E-state index contributed by atoms with van der Waals surface area (Å²) in [6, 6.07) is 7.30. The minimum atomic E-state index is -0.849. The van der Waals surface area contributed by atoms with E-state index in [1.165, 1.54) is 38.5 Å². The molecule has 4 saturated carbocycles. The molecule has 0 spiro atoms. The molecule has 6 heteroatoms. The summed E-state index contributed by atoms with van der Waals surface area (Å²) in [5.74, 6) is 2.83. The standard InChI is InChI=1S/C23H29NO5/c1-14(23-9-15-6-16(10-23)8-17(7-15)11-23)24-21(25)13-28-22(26)20-12-27-18-4-2-3-5-19(18)29-20/h2-5,14-17,20H,6-13H2,1H3,(H,24,25)/t14-,15?,16?,17?,20+,23?/m0/s1. The van der Waals surface area contributed by atoms with E-state index in [0.29, 0.717) is 11.5 Å². The van der Waals surface area contributed by atoms with Gasteiger partial charge in [-0.25, -0.2) is 4.79 Å².